The van der Waals surface area contributed by atoms with Crippen molar-refractivity contribution in [1.29, 1.82) is 0 Å². The summed E-state index contributed by atoms with van der Waals surface area (Å²) in [6, 6.07) is 28.0. The van der Waals surface area contributed by atoms with E-state index in [4.69, 9.17) is 0 Å². The van der Waals surface area contributed by atoms with E-state index in [1.54, 1.807) is 16.7 Å². The Balaban J connectivity index is 1.86. The van der Waals surface area contributed by atoms with E-state index in [2.05, 4.69) is 140 Å². The first-order valence-electron chi connectivity index (χ1n) is 15.0. The molecule has 3 aliphatic carbocycles. The van der Waals surface area contributed by atoms with Crippen molar-refractivity contribution in [2.45, 2.75) is 64.8 Å². The first-order valence-corrected chi connectivity index (χ1v) is 41.9. The minimum absolute atomic E-state index is 0.204. The molecule has 0 amide bonds. The van der Waals surface area contributed by atoms with Gasteiger partial charge in [0.15, 0.2) is 0 Å². The van der Waals surface area contributed by atoms with E-state index in [9.17, 15) is 0 Å². The second-order valence-electron chi connectivity index (χ2n) is 21.6. The SMILES string of the molecule is C[C]1([Hf]([CH3])([CH3])([CH3])([CH3])([CH3])([CH2]c2ccccc2)([CH2]c2ccccc2)[CH]2C=CC=C2)C=Cc2cc3c(cc21)CCC3. The van der Waals surface area contributed by atoms with Gasteiger partial charge < -0.3 is 0 Å². The van der Waals surface area contributed by atoms with Gasteiger partial charge >= 0.3 is 220 Å². The number of hydrogen-bond donors (Lipinski definition) is 0. The molecule has 3 aromatic carbocycles. The van der Waals surface area contributed by atoms with Crippen molar-refractivity contribution in [1.82, 2.24) is 0 Å². The van der Waals surface area contributed by atoms with Crippen LogP contribution in [0.15, 0.2) is 103 Å². The molecule has 0 fully saturated rings. The Bertz CT molecular complexity index is 1600. The fourth-order valence-electron chi connectivity index (χ4n) is 10.8. The Labute approximate surface area is 218 Å². The zero-order valence-corrected chi connectivity index (χ0v) is 28.1. The van der Waals surface area contributed by atoms with Crippen LogP contribution in [0.5, 0.6) is 0 Å². The first-order chi connectivity index (χ1) is 17.4. The fraction of sp³-hybridized carbons (Fsp3) is 0.351. The molecule has 3 aliphatic rings. The summed E-state index contributed by atoms with van der Waals surface area (Å²) in [6.45, 7) is 2.64. The van der Waals surface area contributed by atoms with Crippen LogP contribution in [0.3, 0.4) is 0 Å². The standard InChI is InChI=1S/C13H13.2C7H7.C5H5.5CH3.Hf/c1-9-5-6-12-7-10-3-2-4-11(10)8-13(9)12;2*1-7-5-3-2-4-6-7;1-2-4-5-3-1;;;;;;/h5-8H,2-4H2,1H3;2*2-6H,1H2;1-5H;5*1H3;. The third kappa shape index (κ3) is 2.75. The Morgan fingerprint density at radius 3 is 1.74 bits per heavy atom. The second kappa shape index (κ2) is 5.64. The topological polar surface area (TPSA) is 0 Å². The van der Waals surface area contributed by atoms with Crippen LogP contribution in [0.1, 0.15) is 46.7 Å². The molecule has 0 spiro atoms. The van der Waals surface area contributed by atoms with Gasteiger partial charge in [-0.3, -0.25) is 0 Å². The van der Waals surface area contributed by atoms with Crippen LogP contribution < -0.4 is 0 Å². The average Bonchev–Trinajstić information content (AvgIpc) is 3.61. The molecule has 199 valence electrons. The van der Waals surface area contributed by atoms with Gasteiger partial charge in [-0.05, 0) is 0 Å². The van der Waals surface area contributed by atoms with Gasteiger partial charge in [-0.2, -0.15) is 0 Å². The maximum absolute atomic E-state index is 6.37. The van der Waals surface area contributed by atoms with Crippen LogP contribution >= 0.6 is 0 Å². The molecule has 6 rings (SSSR count). The van der Waals surface area contributed by atoms with Gasteiger partial charge in [0.25, 0.3) is 0 Å². The summed E-state index contributed by atoms with van der Waals surface area (Å²) in [6.07, 6.45) is 18.6. The molecule has 0 bridgehead atoms. The minimum atomic E-state index is -6.37. The van der Waals surface area contributed by atoms with Gasteiger partial charge in [-0.15, -0.1) is 0 Å². The van der Waals surface area contributed by atoms with Crippen molar-refractivity contribution in [2.75, 3.05) is 0 Å². The molecule has 1 heteroatoms. The first kappa shape index (κ1) is 26.0. The summed E-state index contributed by atoms with van der Waals surface area (Å²) in [5.41, 5.74) is 9.01. The zero-order valence-electron chi connectivity index (χ0n) is 24.5. The van der Waals surface area contributed by atoms with Gasteiger partial charge in [0, 0.05) is 0 Å². The molecular weight excluding hydrogens is 623 g/mol. The molecule has 0 radical (unpaired) electrons. The molecule has 0 aliphatic heterocycles. The molecule has 1 atom stereocenters. The molecule has 3 aromatic rings. The van der Waals surface area contributed by atoms with Gasteiger partial charge in [-0.1, -0.05) is 0 Å². The van der Waals surface area contributed by atoms with Gasteiger partial charge in [0.05, 0.1) is 0 Å². The number of hydrogen-bond acceptors (Lipinski definition) is 0. The molecule has 0 nitrogen and oxygen atoms in total. The van der Waals surface area contributed by atoms with Gasteiger partial charge in [-0.25, -0.2) is 0 Å². The molecule has 0 saturated carbocycles. The Morgan fingerprint density at radius 2 is 1.21 bits per heavy atom. The van der Waals surface area contributed by atoms with E-state index in [1.165, 1.54) is 36.0 Å². The van der Waals surface area contributed by atoms with Crippen molar-refractivity contribution in [2.24, 2.45) is 0 Å². The van der Waals surface area contributed by atoms with E-state index >= 15 is 0 Å². The summed E-state index contributed by atoms with van der Waals surface area (Å²) >= 11 is -6.37. The van der Waals surface area contributed by atoms with Crippen LogP contribution in [0.4, 0.5) is 0 Å². The summed E-state index contributed by atoms with van der Waals surface area (Å²) < 4.78 is 16.4. The maximum atomic E-state index is 2.85. The van der Waals surface area contributed by atoms with E-state index in [-0.39, 0.29) is 6.85 Å². The summed E-state index contributed by atoms with van der Waals surface area (Å²) in [5.74, 6) is 0. The van der Waals surface area contributed by atoms with Crippen molar-refractivity contribution in [3.05, 3.63) is 137 Å². The predicted molar refractivity (Wildman–Crippen MR) is 166 cm³/mol. The third-order valence-electron chi connectivity index (χ3n) is 14.6. The number of allylic oxidation sites excluding steroid dienone is 5. The van der Waals surface area contributed by atoms with Crippen LogP contribution in [0.2, 0.25) is 27.1 Å². The van der Waals surface area contributed by atoms with Crippen LogP contribution in [-0.2, 0) is 37.0 Å². The number of rotatable bonds is 6. The summed E-state index contributed by atoms with van der Waals surface area (Å²) in [7, 11) is 0. The Kier molecular flexibility index (Phi) is 3.86. The van der Waals surface area contributed by atoms with Crippen molar-refractivity contribution in [3.8, 4) is 0 Å². The normalized spacial score (nSPS) is 25.9. The molecule has 38 heavy (non-hydrogen) atoms. The van der Waals surface area contributed by atoms with E-state index < -0.39 is 12.6 Å². The molecule has 0 N–H and O–H groups in total. The van der Waals surface area contributed by atoms with Gasteiger partial charge in [0.2, 0.25) is 0 Å². The monoisotopic (exact) mass is 671 g/mol. The van der Waals surface area contributed by atoms with E-state index in [1.807, 2.05) is 0 Å². The van der Waals surface area contributed by atoms with E-state index in [0.29, 0.717) is 0 Å². The molecule has 0 heterocycles. The van der Waals surface area contributed by atoms with Crippen molar-refractivity contribution in [3.63, 3.8) is 0 Å². The molecule has 1 unspecified atom stereocenters. The predicted octanol–water partition coefficient (Wildman–Crippen LogP) is 10.8. The molecule has 0 aromatic heterocycles. The van der Waals surface area contributed by atoms with Crippen LogP contribution in [0, 0.1) is 0 Å². The van der Waals surface area contributed by atoms with Crippen LogP contribution in [-0.4, -0.2) is 0 Å². The quantitative estimate of drug-likeness (QED) is 0.229. The average molecular weight is 670 g/mol. The number of aryl methyl sites for hydroxylation is 2. The number of fused-ring (bicyclic) bond motifs is 2. The molecule has 0 saturated heterocycles. The summed E-state index contributed by atoms with van der Waals surface area (Å²) in [5, 5.41) is 0. The van der Waals surface area contributed by atoms with E-state index in [0.717, 1.165) is 8.35 Å². The van der Waals surface area contributed by atoms with Gasteiger partial charge in [0.1, 0.15) is 0 Å². The van der Waals surface area contributed by atoms with Crippen molar-refractivity contribution >= 4 is 6.08 Å². The zero-order chi connectivity index (χ0) is 27.1. The fourth-order valence-corrected chi connectivity index (χ4v) is 62.1. The Hall–Kier alpha value is -2.25. The third-order valence-corrected chi connectivity index (χ3v) is 80.4. The Morgan fingerprint density at radius 1 is 0.711 bits per heavy atom. The summed E-state index contributed by atoms with van der Waals surface area (Å²) in [4.78, 5) is 0. The number of benzene rings is 3. The second-order valence-corrected chi connectivity index (χ2v) is 119. The molecular formula is C37H47Hf. The van der Waals surface area contributed by atoms with Crippen molar-refractivity contribution < 1.29 is 12.6 Å². The van der Waals surface area contributed by atoms with Crippen LogP contribution in [0.25, 0.3) is 6.08 Å².